The van der Waals surface area contributed by atoms with Gasteiger partial charge in [0.1, 0.15) is 12.1 Å². The van der Waals surface area contributed by atoms with Gasteiger partial charge in [-0.05, 0) is 43.2 Å². The number of carboxylic acid groups (broad SMARTS) is 1. The van der Waals surface area contributed by atoms with Crippen molar-refractivity contribution in [2.45, 2.75) is 123 Å². The maximum absolute atomic E-state index is 14.5. The number of aliphatic carboxylic acids is 1. The topological polar surface area (TPSA) is 221 Å². The number of likely N-dealkylation sites (tertiary alicyclic amines) is 1. The van der Waals surface area contributed by atoms with E-state index >= 15 is 0 Å². The second-order valence-electron chi connectivity index (χ2n) is 17.8. The average molecular weight is 923 g/mol. The number of ether oxygens (including phenoxy) is 5. The number of hydrogen-bond donors (Lipinski definition) is 4. The van der Waals surface area contributed by atoms with Gasteiger partial charge in [-0.1, -0.05) is 85.2 Å². The molecule has 1 heterocycles. The molecule has 2 rings (SSSR count). The van der Waals surface area contributed by atoms with Crippen LogP contribution in [0.3, 0.4) is 0 Å². The molecule has 1 saturated heterocycles. The number of methoxy groups -OCH3 is 2. The Kier molecular flexibility index (Phi) is 26.9. The predicted molar refractivity (Wildman–Crippen MR) is 246 cm³/mol. The van der Waals surface area contributed by atoms with E-state index in [1.165, 1.54) is 14.2 Å². The molecule has 9 atom stereocenters. The second kappa shape index (κ2) is 30.5. The summed E-state index contributed by atoms with van der Waals surface area (Å²) in [6.07, 6.45) is 0.641. The molecule has 1 fully saturated rings. The van der Waals surface area contributed by atoms with Crippen molar-refractivity contribution in [1.82, 2.24) is 25.3 Å². The molecule has 0 saturated carbocycles. The minimum atomic E-state index is -1.15. The zero-order chi connectivity index (χ0) is 48.6. The minimum absolute atomic E-state index is 0.0403. The van der Waals surface area contributed by atoms with Crippen LogP contribution in [0.5, 0.6) is 0 Å². The number of carboxylic acids is 1. The summed E-state index contributed by atoms with van der Waals surface area (Å²) >= 11 is 0. The number of hydrogen-bond acceptors (Lipinski definition) is 13. The summed E-state index contributed by atoms with van der Waals surface area (Å²) in [5.74, 6) is 1.40. The van der Waals surface area contributed by atoms with Gasteiger partial charge in [-0.2, -0.15) is 0 Å². The van der Waals surface area contributed by atoms with Crippen molar-refractivity contribution in [3.63, 3.8) is 0 Å². The lowest BCUT2D eigenvalue weighted by atomic mass is 9.89. The standard InChI is InChI=1S/C47H82N6O12/c1-12-33(6)42(52(9)46(57)40(31(2)3)50-45(56)41(32(4)5)51(8)21-22-62-23-24-63-25-26-64-27-28-65-48)38(60-10)30-39(54)53-20-16-19-37(53)43(61-11)34(7)44(55)49-36(47(58)59)29-35-17-14-13-15-18-35/h13-15,17-18,31-34,36-38,40-43H,12,16,19-30,48H2,1-11H3,(H,49,55)(H,50,56)(H,58,59)/t33-,34+,36-,37-,38+,40-,41-,42-,43+/m0/s1. The van der Waals surface area contributed by atoms with Crippen LogP contribution in [-0.4, -0.2) is 179 Å². The molecule has 1 aliphatic heterocycles. The molecule has 1 aromatic carbocycles. The van der Waals surface area contributed by atoms with Crippen LogP contribution in [0.2, 0.25) is 0 Å². The quantitative estimate of drug-likeness (QED) is 0.0589. The molecular formula is C47H82N6O12. The predicted octanol–water partition coefficient (Wildman–Crippen LogP) is 2.76. The third-order valence-electron chi connectivity index (χ3n) is 12.4. The molecule has 1 aromatic rings. The fraction of sp³-hybridized carbons (Fsp3) is 0.766. The summed E-state index contributed by atoms with van der Waals surface area (Å²) < 4.78 is 28.6. The Labute approximate surface area is 387 Å². The maximum Gasteiger partial charge on any atom is 0.326 e. The van der Waals surface area contributed by atoms with Gasteiger partial charge in [0.15, 0.2) is 0 Å². The zero-order valence-electron chi connectivity index (χ0n) is 41.0. The lowest BCUT2D eigenvalue weighted by Gasteiger charge is -2.41. The van der Waals surface area contributed by atoms with Crippen LogP contribution in [0.25, 0.3) is 0 Å². The number of nitrogens with two attached hydrogens (primary N) is 1. The molecule has 65 heavy (non-hydrogen) atoms. The summed E-state index contributed by atoms with van der Waals surface area (Å²) in [6.45, 7) is 17.1. The van der Waals surface area contributed by atoms with Gasteiger partial charge in [0.25, 0.3) is 0 Å². The molecule has 0 radical (unpaired) electrons. The van der Waals surface area contributed by atoms with Gasteiger partial charge < -0.3 is 54.1 Å². The van der Waals surface area contributed by atoms with Crippen molar-refractivity contribution in [2.75, 3.05) is 87.7 Å². The largest absolute Gasteiger partial charge is 0.480 e. The van der Waals surface area contributed by atoms with Gasteiger partial charge in [0.05, 0.1) is 88.9 Å². The molecule has 18 heteroatoms. The number of nitrogens with zero attached hydrogens (tertiary/aromatic N) is 3. The SMILES string of the molecule is CC[C@H](C)[C@@H]([C@@H](CC(=O)N1CCC[C@H]1[C@H](OC)[C@@H](C)C(=O)N[C@@H](Cc1ccccc1)C(=O)O)OC)N(C)C(=O)[C@@H](NC(=O)[C@H](C(C)C)N(C)CCOCCOCCOCCON)C(C)C. The number of amides is 4. The van der Waals surface area contributed by atoms with Crippen LogP contribution in [0.15, 0.2) is 30.3 Å². The Morgan fingerprint density at radius 2 is 1.43 bits per heavy atom. The van der Waals surface area contributed by atoms with Gasteiger partial charge in [-0.3, -0.25) is 24.1 Å². The van der Waals surface area contributed by atoms with Crippen LogP contribution in [0.4, 0.5) is 0 Å². The lowest BCUT2D eigenvalue weighted by Crippen LogP contribution is -2.60. The molecular weight excluding hydrogens is 841 g/mol. The van der Waals surface area contributed by atoms with Crippen molar-refractivity contribution >= 4 is 29.6 Å². The van der Waals surface area contributed by atoms with Gasteiger partial charge in [-0.25, -0.2) is 10.7 Å². The van der Waals surface area contributed by atoms with Crippen LogP contribution >= 0.6 is 0 Å². The van der Waals surface area contributed by atoms with Crippen LogP contribution < -0.4 is 16.5 Å². The van der Waals surface area contributed by atoms with Crippen LogP contribution in [-0.2, 0) is 58.9 Å². The Hall–Kier alpha value is -3.75. The van der Waals surface area contributed by atoms with E-state index in [1.54, 1.807) is 23.8 Å². The molecule has 372 valence electrons. The van der Waals surface area contributed by atoms with E-state index in [2.05, 4.69) is 15.5 Å². The highest BCUT2D eigenvalue weighted by molar-refractivity contribution is 5.90. The number of rotatable bonds is 33. The van der Waals surface area contributed by atoms with Crippen LogP contribution in [0.1, 0.15) is 79.7 Å². The summed E-state index contributed by atoms with van der Waals surface area (Å²) in [7, 11) is 6.59. The Balaban J connectivity index is 2.14. The Bertz CT molecular complexity index is 1560. The average Bonchev–Trinajstić information content (AvgIpc) is 3.76. The van der Waals surface area contributed by atoms with E-state index in [0.717, 1.165) is 5.56 Å². The molecule has 1 aliphatic rings. The fourth-order valence-corrected chi connectivity index (χ4v) is 8.64. The van der Waals surface area contributed by atoms with E-state index in [4.69, 9.17) is 29.6 Å². The first-order valence-electron chi connectivity index (χ1n) is 23.2. The summed E-state index contributed by atoms with van der Waals surface area (Å²) in [6, 6.07) is 5.58. The van der Waals surface area contributed by atoms with Gasteiger partial charge >= 0.3 is 5.97 Å². The minimum Gasteiger partial charge on any atom is -0.480 e. The Morgan fingerprint density at radius 1 is 0.831 bits per heavy atom. The van der Waals surface area contributed by atoms with E-state index in [-0.39, 0.29) is 48.3 Å². The van der Waals surface area contributed by atoms with E-state index in [1.807, 2.05) is 83.8 Å². The van der Waals surface area contributed by atoms with E-state index in [0.29, 0.717) is 78.6 Å². The lowest BCUT2D eigenvalue weighted by molar-refractivity contribution is -0.148. The molecule has 4 amide bonds. The maximum atomic E-state index is 14.5. The van der Waals surface area contributed by atoms with Crippen molar-refractivity contribution in [1.29, 1.82) is 0 Å². The van der Waals surface area contributed by atoms with E-state index < -0.39 is 60.2 Å². The van der Waals surface area contributed by atoms with Crippen molar-refractivity contribution in [3.05, 3.63) is 35.9 Å². The smallest absolute Gasteiger partial charge is 0.326 e. The molecule has 0 bridgehead atoms. The fourth-order valence-electron chi connectivity index (χ4n) is 8.64. The Morgan fingerprint density at radius 3 is 1.95 bits per heavy atom. The highest BCUT2D eigenvalue weighted by Gasteiger charge is 2.43. The summed E-state index contributed by atoms with van der Waals surface area (Å²) in [5.41, 5.74) is 0.776. The highest BCUT2D eigenvalue weighted by atomic mass is 16.6. The number of carbonyl (C=O) groups excluding carboxylic acids is 4. The first kappa shape index (κ1) is 57.4. The number of carbonyl (C=O) groups is 5. The molecule has 0 aliphatic carbocycles. The second-order valence-corrected chi connectivity index (χ2v) is 17.8. The zero-order valence-corrected chi connectivity index (χ0v) is 41.0. The van der Waals surface area contributed by atoms with Crippen molar-refractivity contribution in [2.24, 2.45) is 29.6 Å². The van der Waals surface area contributed by atoms with Crippen molar-refractivity contribution < 1.29 is 57.6 Å². The highest BCUT2D eigenvalue weighted by Crippen LogP contribution is 2.30. The number of benzene rings is 1. The monoisotopic (exact) mass is 923 g/mol. The molecule has 18 nitrogen and oxygen atoms in total. The van der Waals surface area contributed by atoms with Gasteiger partial charge in [0.2, 0.25) is 23.6 Å². The summed E-state index contributed by atoms with van der Waals surface area (Å²) in [4.78, 5) is 78.4. The first-order valence-corrected chi connectivity index (χ1v) is 23.2. The van der Waals surface area contributed by atoms with Gasteiger partial charge in [-0.15, -0.1) is 0 Å². The van der Waals surface area contributed by atoms with Crippen LogP contribution in [0, 0.1) is 23.7 Å². The number of nitrogens with one attached hydrogen (secondary N) is 2. The summed E-state index contributed by atoms with van der Waals surface area (Å²) in [5, 5.41) is 15.7. The molecule has 0 unspecified atom stereocenters. The molecule has 0 aromatic heterocycles. The third-order valence-corrected chi connectivity index (χ3v) is 12.4. The molecule has 0 spiro atoms. The van der Waals surface area contributed by atoms with Crippen molar-refractivity contribution in [3.8, 4) is 0 Å². The van der Waals surface area contributed by atoms with Gasteiger partial charge in [0, 0.05) is 40.8 Å². The first-order chi connectivity index (χ1) is 30.9. The normalized spacial score (nSPS) is 17.9. The number of likely N-dealkylation sites (N-methyl/N-ethyl adjacent to an activating group) is 2. The third kappa shape index (κ3) is 18.5. The van der Waals surface area contributed by atoms with E-state index in [9.17, 15) is 29.1 Å². The molecule has 5 N–H and O–H groups in total.